The van der Waals surface area contributed by atoms with Crippen LogP contribution in [-0.4, -0.2) is 20.3 Å². The first kappa shape index (κ1) is 13.7. The van der Waals surface area contributed by atoms with Crippen molar-refractivity contribution in [3.8, 4) is 11.5 Å². The molecular formula is C14H20BrNO2. The smallest absolute Gasteiger partial charge is 0.175 e. The van der Waals surface area contributed by atoms with Crippen LogP contribution in [0.15, 0.2) is 10.5 Å². The number of hydrogen-bond donors (Lipinski definition) is 1. The molecule has 1 aromatic rings. The van der Waals surface area contributed by atoms with Crippen LogP contribution in [0, 0.1) is 6.92 Å². The van der Waals surface area contributed by atoms with Crippen molar-refractivity contribution >= 4 is 15.9 Å². The van der Waals surface area contributed by atoms with Gasteiger partial charge in [0.1, 0.15) is 0 Å². The number of methoxy groups -OCH3 is 2. The van der Waals surface area contributed by atoms with Gasteiger partial charge < -0.3 is 15.2 Å². The largest absolute Gasteiger partial charge is 0.492 e. The van der Waals surface area contributed by atoms with Crippen LogP contribution in [0.25, 0.3) is 0 Å². The molecule has 3 nitrogen and oxygen atoms in total. The number of benzene rings is 1. The summed E-state index contributed by atoms with van der Waals surface area (Å²) in [4.78, 5) is 0. The Morgan fingerprint density at radius 3 is 2.22 bits per heavy atom. The van der Waals surface area contributed by atoms with Gasteiger partial charge in [-0.3, -0.25) is 0 Å². The zero-order chi connectivity index (χ0) is 13.5. The quantitative estimate of drug-likeness (QED) is 0.928. The van der Waals surface area contributed by atoms with Gasteiger partial charge in [-0.1, -0.05) is 0 Å². The highest BCUT2D eigenvalue weighted by Gasteiger charge is 2.50. The Balaban J connectivity index is 2.67. The second-order valence-corrected chi connectivity index (χ2v) is 5.92. The van der Waals surface area contributed by atoms with Crippen LogP contribution >= 0.6 is 15.9 Å². The highest BCUT2D eigenvalue weighted by atomic mass is 79.9. The monoisotopic (exact) mass is 313 g/mol. The van der Waals surface area contributed by atoms with Crippen molar-refractivity contribution < 1.29 is 9.47 Å². The fraction of sp³-hybridized carbons (Fsp3) is 0.571. The number of aryl methyl sites for hydroxylation is 1. The van der Waals surface area contributed by atoms with Gasteiger partial charge in [-0.15, -0.1) is 0 Å². The minimum absolute atomic E-state index is 0.0589. The van der Waals surface area contributed by atoms with Gasteiger partial charge in [0.15, 0.2) is 11.5 Å². The van der Waals surface area contributed by atoms with Crippen LogP contribution in [0.5, 0.6) is 11.5 Å². The molecule has 0 saturated heterocycles. The minimum atomic E-state index is 0.0589. The average Bonchev–Trinajstić information content (AvgIpc) is 3.09. The standard InChI is InChI=1S/C14H20BrNO2/c1-8-7-10(15)12(17-3)13(18-4)11(8)14(5-6-14)9(2)16/h7,9H,5-6,16H2,1-4H3. The van der Waals surface area contributed by atoms with Gasteiger partial charge in [0.2, 0.25) is 0 Å². The molecule has 0 bridgehead atoms. The molecule has 2 N–H and O–H groups in total. The summed E-state index contributed by atoms with van der Waals surface area (Å²) >= 11 is 3.52. The maximum Gasteiger partial charge on any atom is 0.175 e. The third-order valence-corrected chi connectivity index (χ3v) is 4.54. The SMILES string of the molecule is COc1c(Br)cc(C)c(C2(C(C)N)CC2)c1OC. The van der Waals surface area contributed by atoms with E-state index in [1.54, 1.807) is 14.2 Å². The Bertz CT molecular complexity index is 467. The Morgan fingerprint density at radius 1 is 1.28 bits per heavy atom. The Labute approximate surface area is 117 Å². The average molecular weight is 314 g/mol. The van der Waals surface area contributed by atoms with E-state index in [0.29, 0.717) is 0 Å². The molecule has 1 aromatic carbocycles. The van der Waals surface area contributed by atoms with Gasteiger partial charge in [0, 0.05) is 17.0 Å². The first-order valence-electron chi connectivity index (χ1n) is 6.15. The van der Waals surface area contributed by atoms with Crippen LogP contribution in [0.2, 0.25) is 0 Å². The zero-order valence-electron chi connectivity index (χ0n) is 11.3. The molecule has 1 aliphatic carbocycles. The molecule has 1 unspecified atom stereocenters. The molecule has 4 heteroatoms. The highest BCUT2D eigenvalue weighted by Crippen LogP contribution is 2.57. The topological polar surface area (TPSA) is 44.5 Å². The first-order chi connectivity index (χ1) is 8.47. The summed E-state index contributed by atoms with van der Waals surface area (Å²) in [6.45, 7) is 4.17. The summed E-state index contributed by atoms with van der Waals surface area (Å²) in [5.74, 6) is 1.57. The summed E-state index contributed by atoms with van der Waals surface area (Å²) in [5, 5.41) is 0. The summed E-state index contributed by atoms with van der Waals surface area (Å²) in [6.07, 6.45) is 2.24. The van der Waals surface area contributed by atoms with Gasteiger partial charge in [0.05, 0.1) is 18.7 Å². The molecule has 0 aromatic heterocycles. The molecule has 0 amide bonds. The number of halogens is 1. The number of nitrogens with two attached hydrogens (primary N) is 1. The van der Waals surface area contributed by atoms with E-state index in [1.807, 2.05) is 0 Å². The van der Waals surface area contributed by atoms with Gasteiger partial charge in [-0.05, 0) is 54.2 Å². The molecule has 0 spiro atoms. The van der Waals surface area contributed by atoms with Crippen LogP contribution < -0.4 is 15.2 Å². The lowest BCUT2D eigenvalue weighted by atomic mass is 9.85. The van der Waals surface area contributed by atoms with E-state index in [2.05, 4.69) is 35.8 Å². The van der Waals surface area contributed by atoms with Gasteiger partial charge >= 0.3 is 0 Å². The summed E-state index contributed by atoms with van der Waals surface area (Å²) < 4.78 is 12.0. The second-order valence-electron chi connectivity index (χ2n) is 5.06. The Morgan fingerprint density at radius 2 is 1.83 bits per heavy atom. The maximum atomic E-state index is 6.18. The molecule has 1 fully saturated rings. The molecular weight excluding hydrogens is 294 g/mol. The van der Waals surface area contributed by atoms with E-state index in [-0.39, 0.29) is 11.5 Å². The van der Waals surface area contributed by atoms with E-state index in [0.717, 1.165) is 28.8 Å². The van der Waals surface area contributed by atoms with Crippen LogP contribution in [0.3, 0.4) is 0 Å². The van der Waals surface area contributed by atoms with E-state index in [1.165, 1.54) is 11.1 Å². The summed E-state index contributed by atoms with van der Waals surface area (Å²) in [7, 11) is 3.34. The number of rotatable bonds is 4. The van der Waals surface area contributed by atoms with E-state index in [9.17, 15) is 0 Å². The zero-order valence-corrected chi connectivity index (χ0v) is 12.9. The predicted molar refractivity (Wildman–Crippen MR) is 76.5 cm³/mol. The van der Waals surface area contributed by atoms with E-state index < -0.39 is 0 Å². The Kier molecular flexibility index (Phi) is 3.60. The minimum Gasteiger partial charge on any atom is -0.492 e. The van der Waals surface area contributed by atoms with Crippen molar-refractivity contribution in [2.24, 2.45) is 5.73 Å². The van der Waals surface area contributed by atoms with E-state index >= 15 is 0 Å². The summed E-state index contributed by atoms with van der Waals surface area (Å²) in [6, 6.07) is 2.20. The first-order valence-corrected chi connectivity index (χ1v) is 6.94. The lowest BCUT2D eigenvalue weighted by Gasteiger charge is -2.26. The highest BCUT2D eigenvalue weighted by molar-refractivity contribution is 9.10. The van der Waals surface area contributed by atoms with Crippen molar-refractivity contribution in [1.29, 1.82) is 0 Å². The molecule has 2 rings (SSSR count). The van der Waals surface area contributed by atoms with Gasteiger partial charge in [-0.25, -0.2) is 0 Å². The number of hydrogen-bond acceptors (Lipinski definition) is 3. The molecule has 1 atom stereocenters. The molecule has 0 heterocycles. The van der Waals surface area contributed by atoms with Crippen molar-refractivity contribution in [1.82, 2.24) is 0 Å². The second kappa shape index (κ2) is 4.74. The van der Waals surface area contributed by atoms with Crippen molar-refractivity contribution in [2.75, 3.05) is 14.2 Å². The lowest BCUT2D eigenvalue weighted by molar-refractivity contribution is 0.343. The molecule has 1 aliphatic rings. The fourth-order valence-corrected chi connectivity index (χ4v) is 3.49. The van der Waals surface area contributed by atoms with Gasteiger partial charge in [-0.2, -0.15) is 0 Å². The molecule has 0 aliphatic heterocycles. The van der Waals surface area contributed by atoms with Crippen molar-refractivity contribution in [2.45, 2.75) is 38.1 Å². The third-order valence-electron chi connectivity index (χ3n) is 3.95. The normalized spacial score (nSPS) is 18.3. The fourth-order valence-electron chi connectivity index (χ4n) is 2.80. The molecule has 18 heavy (non-hydrogen) atoms. The van der Waals surface area contributed by atoms with Gasteiger partial charge in [0.25, 0.3) is 0 Å². The number of ether oxygens (including phenoxy) is 2. The van der Waals surface area contributed by atoms with Crippen LogP contribution in [0.4, 0.5) is 0 Å². The van der Waals surface area contributed by atoms with Crippen molar-refractivity contribution in [3.63, 3.8) is 0 Å². The van der Waals surface area contributed by atoms with Crippen molar-refractivity contribution in [3.05, 3.63) is 21.7 Å². The van der Waals surface area contributed by atoms with Crippen LogP contribution in [0.1, 0.15) is 30.9 Å². The third kappa shape index (κ3) is 1.91. The molecule has 1 saturated carbocycles. The maximum absolute atomic E-state index is 6.18. The predicted octanol–water partition coefficient (Wildman–Crippen LogP) is 3.15. The lowest BCUT2D eigenvalue weighted by Crippen LogP contribution is -2.32. The van der Waals surface area contributed by atoms with Crippen LogP contribution in [-0.2, 0) is 5.41 Å². The Hall–Kier alpha value is -0.740. The van der Waals surface area contributed by atoms with E-state index in [4.69, 9.17) is 15.2 Å². The summed E-state index contributed by atoms with van der Waals surface area (Å²) in [5.41, 5.74) is 8.65. The molecule has 100 valence electrons. The molecule has 0 radical (unpaired) electrons.